The average molecular weight is 608 g/mol. The summed E-state index contributed by atoms with van der Waals surface area (Å²) < 4.78 is 16.6. The molecule has 220 valence electrons. The minimum absolute atomic E-state index is 0. The molecule has 0 unspecified atom stereocenters. The number of likely N-dealkylation sites (tertiary alicyclic amines) is 1. The maximum absolute atomic E-state index is 5.67. The Balaban J connectivity index is 0.00000202. The van der Waals surface area contributed by atoms with Crippen LogP contribution in [0, 0.1) is 0 Å². The molecule has 1 N–H and O–H groups in total. The molecule has 1 aromatic heterocycles. The molecule has 7 nitrogen and oxygen atoms in total. The standard InChI is InChI=1S/C33H34N4O3.2ClH/c1-38-26-10-12-28-30(19-26)33(36-35-32(28)29-13-11-27(39-2)20-31(29)40-3)34-25-14-16-37(17-15-25)21-22-8-9-23-6-4-5-7-24(23)18-22;;/h4-13,18-20,25H,14-17,21H2,1-3H3,(H,34,36);2*1H. The molecule has 0 atom stereocenters. The summed E-state index contributed by atoms with van der Waals surface area (Å²) in [6.45, 7) is 3.02. The third kappa shape index (κ3) is 6.49. The number of halogens is 2. The minimum Gasteiger partial charge on any atom is -0.497 e. The summed E-state index contributed by atoms with van der Waals surface area (Å²) in [5.74, 6) is 2.97. The molecule has 0 spiro atoms. The molecule has 0 radical (unpaired) electrons. The van der Waals surface area contributed by atoms with Gasteiger partial charge in [-0.3, -0.25) is 4.90 Å². The van der Waals surface area contributed by atoms with Crippen LogP contribution in [0.25, 0.3) is 32.8 Å². The number of nitrogens with one attached hydrogen (secondary N) is 1. The van der Waals surface area contributed by atoms with E-state index in [9.17, 15) is 0 Å². The number of methoxy groups -OCH3 is 3. The van der Waals surface area contributed by atoms with Gasteiger partial charge in [0.1, 0.15) is 22.9 Å². The normalized spacial score (nSPS) is 13.7. The molecule has 1 saturated heterocycles. The van der Waals surface area contributed by atoms with Gasteiger partial charge in [-0.05, 0) is 65.6 Å². The maximum atomic E-state index is 5.67. The molecule has 6 rings (SSSR count). The number of aromatic nitrogens is 2. The van der Waals surface area contributed by atoms with Crippen molar-refractivity contribution in [1.29, 1.82) is 0 Å². The number of fused-ring (bicyclic) bond motifs is 2. The lowest BCUT2D eigenvalue weighted by molar-refractivity contribution is 0.211. The zero-order chi connectivity index (χ0) is 27.5. The molecule has 1 aliphatic rings. The average Bonchev–Trinajstić information content (AvgIpc) is 3.01. The fraction of sp³-hybridized carbons (Fsp3) is 0.273. The van der Waals surface area contributed by atoms with Crippen molar-refractivity contribution in [2.75, 3.05) is 39.7 Å². The summed E-state index contributed by atoms with van der Waals surface area (Å²) >= 11 is 0. The van der Waals surface area contributed by atoms with Crippen LogP contribution in [-0.4, -0.2) is 55.6 Å². The van der Waals surface area contributed by atoms with Crippen molar-refractivity contribution >= 4 is 52.2 Å². The van der Waals surface area contributed by atoms with Crippen LogP contribution in [0.3, 0.4) is 0 Å². The molecule has 2 heterocycles. The van der Waals surface area contributed by atoms with E-state index in [4.69, 9.17) is 14.2 Å². The quantitative estimate of drug-likeness (QED) is 0.197. The van der Waals surface area contributed by atoms with Crippen LogP contribution in [0.15, 0.2) is 78.9 Å². The SMILES string of the molecule is COc1ccc(-c2nnc(NC3CCN(Cc4ccc5ccccc5c4)CC3)c3cc(OC)ccc23)c(OC)c1.Cl.Cl. The molecule has 0 aliphatic carbocycles. The number of rotatable bonds is 8. The van der Waals surface area contributed by atoms with Crippen LogP contribution >= 0.6 is 24.8 Å². The molecule has 4 aromatic carbocycles. The predicted octanol–water partition coefficient (Wildman–Crippen LogP) is 7.40. The molecule has 1 fully saturated rings. The Kier molecular flexibility index (Phi) is 10.3. The Labute approximate surface area is 259 Å². The monoisotopic (exact) mass is 606 g/mol. The summed E-state index contributed by atoms with van der Waals surface area (Å²) in [4.78, 5) is 2.54. The van der Waals surface area contributed by atoms with Crippen molar-refractivity contribution in [3.63, 3.8) is 0 Å². The van der Waals surface area contributed by atoms with Gasteiger partial charge in [0.25, 0.3) is 0 Å². The number of hydrogen-bond acceptors (Lipinski definition) is 7. The van der Waals surface area contributed by atoms with Gasteiger partial charge in [0.15, 0.2) is 5.82 Å². The summed E-state index contributed by atoms with van der Waals surface area (Å²) in [7, 11) is 4.98. The van der Waals surface area contributed by atoms with Gasteiger partial charge in [-0.25, -0.2) is 0 Å². The first-order valence-corrected chi connectivity index (χ1v) is 13.7. The number of anilines is 1. The lowest BCUT2D eigenvalue weighted by Crippen LogP contribution is -2.38. The van der Waals surface area contributed by atoms with E-state index in [0.717, 1.165) is 71.8 Å². The number of piperidine rings is 1. The largest absolute Gasteiger partial charge is 0.497 e. The van der Waals surface area contributed by atoms with E-state index in [-0.39, 0.29) is 24.8 Å². The zero-order valence-electron chi connectivity index (χ0n) is 24.0. The molecule has 0 bridgehead atoms. The summed E-state index contributed by atoms with van der Waals surface area (Å²) in [6, 6.07) is 27.4. The van der Waals surface area contributed by atoms with E-state index in [0.29, 0.717) is 11.8 Å². The maximum Gasteiger partial charge on any atom is 0.156 e. The fourth-order valence-electron chi connectivity index (χ4n) is 5.58. The highest BCUT2D eigenvalue weighted by atomic mass is 35.5. The van der Waals surface area contributed by atoms with Gasteiger partial charge in [-0.1, -0.05) is 36.4 Å². The van der Waals surface area contributed by atoms with Crippen molar-refractivity contribution in [2.45, 2.75) is 25.4 Å². The first kappa shape index (κ1) is 31.2. The van der Waals surface area contributed by atoms with Crippen LogP contribution in [0.1, 0.15) is 18.4 Å². The minimum atomic E-state index is 0. The number of ether oxygens (including phenoxy) is 3. The molecule has 1 aliphatic heterocycles. The highest BCUT2D eigenvalue weighted by Gasteiger charge is 2.22. The van der Waals surface area contributed by atoms with Crippen molar-refractivity contribution in [3.8, 4) is 28.5 Å². The van der Waals surface area contributed by atoms with Crippen molar-refractivity contribution < 1.29 is 14.2 Å². The van der Waals surface area contributed by atoms with Gasteiger partial charge in [0.05, 0.1) is 21.3 Å². The molecule has 0 saturated carbocycles. The zero-order valence-corrected chi connectivity index (χ0v) is 25.6. The van der Waals surface area contributed by atoms with Crippen LogP contribution < -0.4 is 19.5 Å². The number of nitrogens with zero attached hydrogens (tertiary/aromatic N) is 3. The summed E-state index contributed by atoms with van der Waals surface area (Å²) in [5.41, 5.74) is 2.98. The lowest BCUT2D eigenvalue weighted by atomic mass is 10.0. The van der Waals surface area contributed by atoms with Gasteiger partial charge < -0.3 is 19.5 Å². The fourth-order valence-corrected chi connectivity index (χ4v) is 5.58. The van der Waals surface area contributed by atoms with Crippen LogP contribution in [0.2, 0.25) is 0 Å². The Hall–Kier alpha value is -3.78. The Morgan fingerprint density at radius 3 is 2.19 bits per heavy atom. The smallest absolute Gasteiger partial charge is 0.156 e. The second-order valence-electron chi connectivity index (χ2n) is 10.3. The topological polar surface area (TPSA) is 68.7 Å². The molecule has 5 aromatic rings. The van der Waals surface area contributed by atoms with Crippen LogP contribution in [0.4, 0.5) is 5.82 Å². The lowest BCUT2D eigenvalue weighted by Gasteiger charge is -2.32. The molecule has 42 heavy (non-hydrogen) atoms. The molecule has 0 amide bonds. The Morgan fingerprint density at radius 1 is 0.738 bits per heavy atom. The number of benzene rings is 4. The highest BCUT2D eigenvalue weighted by molar-refractivity contribution is 6.01. The van der Waals surface area contributed by atoms with E-state index >= 15 is 0 Å². The van der Waals surface area contributed by atoms with Gasteiger partial charge in [-0.15, -0.1) is 35.0 Å². The molecular weight excluding hydrogens is 571 g/mol. The third-order valence-electron chi connectivity index (χ3n) is 7.80. The van der Waals surface area contributed by atoms with Crippen molar-refractivity contribution in [1.82, 2.24) is 15.1 Å². The predicted molar refractivity (Wildman–Crippen MR) is 175 cm³/mol. The molecular formula is C33H36Cl2N4O3. The van der Waals surface area contributed by atoms with Crippen molar-refractivity contribution in [2.24, 2.45) is 0 Å². The number of hydrogen-bond donors (Lipinski definition) is 1. The van der Waals surface area contributed by atoms with Crippen LogP contribution in [-0.2, 0) is 6.54 Å². The Morgan fingerprint density at radius 2 is 1.45 bits per heavy atom. The van der Waals surface area contributed by atoms with Gasteiger partial charge in [0.2, 0.25) is 0 Å². The summed E-state index contributed by atoms with van der Waals surface area (Å²) in [5, 5.41) is 17.6. The van der Waals surface area contributed by atoms with Crippen LogP contribution in [0.5, 0.6) is 17.2 Å². The van der Waals surface area contributed by atoms with E-state index in [1.165, 1.54) is 16.3 Å². The van der Waals surface area contributed by atoms with Crippen molar-refractivity contribution in [3.05, 3.63) is 84.4 Å². The van der Waals surface area contributed by atoms with Gasteiger partial charge in [-0.2, -0.15) is 0 Å². The van der Waals surface area contributed by atoms with E-state index in [1.54, 1.807) is 21.3 Å². The van der Waals surface area contributed by atoms with E-state index < -0.39 is 0 Å². The third-order valence-corrected chi connectivity index (χ3v) is 7.80. The van der Waals surface area contributed by atoms with Gasteiger partial charge in [0, 0.05) is 48.1 Å². The molecule has 9 heteroatoms. The van der Waals surface area contributed by atoms with Gasteiger partial charge >= 0.3 is 0 Å². The second-order valence-corrected chi connectivity index (χ2v) is 10.3. The Bertz CT molecular complexity index is 1660. The summed E-state index contributed by atoms with van der Waals surface area (Å²) in [6.07, 6.45) is 2.07. The highest BCUT2D eigenvalue weighted by Crippen LogP contribution is 2.38. The second kappa shape index (κ2) is 13.9. The first-order valence-electron chi connectivity index (χ1n) is 13.7. The van der Waals surface area contributed by atoms with E-state index in [2.05, 4.69) is 62.9 Å². The first-order chi connectivity index (χ1) is 19.6. The van der Waals surface area contributed by atoms with E-state index in [1.807, 2.05) is 36.4 Å².